The van der Waals surface area contributed by atoms with Crippen LogP contribution in [0.3, 0.4) is 0 Å². The molecule has 0 aromatic heterocycles. The smallest absolute Gasteiger partial charge is 0.333 e. The van der Waals surface area contributed by atoms with E-state index >= 15 is 0 Å². The molecule has 0 amide bonds. The van der Waals surface area contributed by atoms with E-state index in [1.807, 2.05) is 13.8 Å². The average molecular weight is 238 g/mol. The highest BCUT2D eigenvalue weighted by Crippen LogP contribution is 2.15. The number of hydrogen-bond acceptors (Lipinski definition) is 3. The van der Waals surface area contributed by atoms with Crippen molar-refractivity contribution in [1.29, 1.82) is 0 Å². The molecule has 4 heteroatoms. The van der Waals surface area contributed by atoms with Gasteiger partial charge in [-0.3, -0.25) is 0 Å². The number of carboxylic acids is 1. The molecular formula is C13H18O4. The van der Waals surface area contributed by atoms with Gasteiger partial charge >= 0.3 is 5.97 Å². The molecule has 0 bridgehead atoms. The minimum absolute atomic E-state index is 0.0894. The summed E-state index contributed by atoms with van der Waals surface area (Å²) < 4.78 is 5.42. The van der Waals surface area contributed by atoms with Crippen molar-refractivity contribution in [1.82, 2.24) is 0 Å². The number of benzene rings is 1. The summed E-state index contributed by atoms with van der Waals surface area (Å²) in [5, 5.41) is 18.4. The third-order valence-electron chi connectivity index (χ3n) is 2.58. The standard InChI is InChI=1S/C13H18O4/c1-3-9(2)17-12(13(15)16)8-10-5-4-6-11(14)7-10/h4-7,9,12,14H,3,8H2,1-2H3,(H,15,16). The zero-order chi connectivity index (χ0) is 12.8. The van der Waals surface area contributed by atoms with Crippen molar-refractivity contribution >= 4 is 5.97 Å². The molecule has 0 heterocycles. The number of phenolic OH excluding ortho intramolecular Hbond substituents is 1. The zero-order valence-electron chi connectivity index (χ0n) is 10.1. The minimum Gasteiger partial charge on any atom is -0.508 e. The number of carbonyl (C=O) groups is 1. The van der Waals surface area contributed by atoms with Crippen molar-refractivity contribution < 1.29 is 19.7 Å². The Morgan fingerprint density at radius 1 is 1.47 bits per heavy atom. The van der Waals surface area contributed by atoms with E-state index in [0.29, 0.717) is 0 Å². The molecule has 2 unspecified atom stereocenters. The van der Waals surface area contributed by atoms with Crippen molar-refractivity contribution in [3.8, 4) is 5.75 Å². The Bertz CT molecular complexity index is 375. The van der Waals surface area contributed by atoms with Crippen molar-refractivity contribution in [2.75, 3.05) is 0 Å². The van der Waals surface area contributed by atoms with Crippen LogP contribution in [0.4, 0.5) is 0 Å². The first-order valence-electron chi connectivity index (χ1n) is 5.69. The number of aromatic hydroxyl groups is 1. The molecule has 0 aliphatic carbocycles. The monoisotopic (exact) mass is 238 g/mol. The molecule has 1 rings (SSSR count). The minimum atomic E-state index is -0.978. The molecule has 2 atom stereocenters. The highest BCUT2D eigenvalue weighted by molar-refractivity contribution is 5.72. The maximum Gasteiger partial charge on any atom is 0.333 e. The van der Waals surface area contributed by atoms with Crippen LogP contribution in [-0.4, -0.2) is 28.4 Å². The van der Waals surface area contributed by atoms with Gasteiger partial charge in [0.15, 0.2) is 6.10 Å². The molecule has 17 heavy (non-hydrogen) atoms. The van der Waals surface area contributed by atoms with Crippen LogP contribution >= 0.6 is 0 Å². The maximum atomic E-state index is 11.1. The largest absolute Gasteiger partial charge is 0.508 e. The van der Waals surface area contributed by atoms with E-state index in [0.717, 1.165) is 12.0 Å². The summed E-state index contributed by atoms with van der Waals surface area (Å²) in [6.07, 6.45) is 0.0675. The van der Waals surface area contributed by atoms with Crippen LogP contribution in [0.5, 0.6) is 5.75 Å². The lowest BCUT2D eigenvalue weighted by molar-refractivity contribution is -0.153. The van der Waals surface area contributed by atoms with Gasteiger partial charge in [0.25, 0.3) is 0 Å². The van der Waals surface area contributed by atoms with Crippen molar-refractivity contribution in [3.63, 3.8) is 0 Å². The van der Waals surface area contributed by atoms with Gasteiger partial charge in [-0.1, -0.05) is 19.1 Å². The summed E-state index contributed by atoms with van der Waals surface area (Å²) in [5.74, 6) is -0.844. The van der Waals surface area contributed by atoms with Crippen LogP contribution in [0, 0.1) is 0 Å². The maximum absolute atomic E-state index is 11.1. The molecule has 0 aliphatic rings. The summed E-state index contributed by atoms with van der Waals surface area (Å²) >= 11 is 0. The number of aliphatic carboxylic acids is 1. The molecule has 1 aromatic carbocycles. The first-order chi connectivity index (χ1) is 8.02. The van der Waals surface area contributed by atoms with Gasteiger partial charge in [0.1, 0.15) is 5.75 Å². The van der Waals surface area contributed by atoms with Gasteiger partial charge in [-0.2, -0.15) is 0 Å². The van der Waals surface area contributed by atoms with E-state index < -0.39 is 12.1 Å². The average Bonchev–Trinajstić information content (AvgIpc) is 2.27. The lowest BCUT2D eigenvalue weighted by atomic mass is 10.1. The van der Waals surface area contributed by atoms with Crippen LogP contribution in [-0.2, 0) is 16.0 Å². The molecule has 0 saturated carbocycles. The SMILES string of the molecule is CCC(C)OC(Cc1cccc(O)c1)C(=O)O. The highest BCUT2D eigenvalue weighted by Gasteiger charge is 2.20. The zero-order valence-corrected chi connectivity index (χ0v) is 10.1. The molecule has 0 saturated heterocycles. The fraction of sp³-hybridized carbons (Fsp3) is 0.462. The molecule has 0 radical (unpaired) electrons. The van der Waals surface area contributed by atoms with E-state index in [2.05, 4.69) is 0 Å². The predicted molar refractivity (Wildman–Crippen MR) is 64.1 cm³/mol. The quantitative estimate of drug-likeness (QED) is 0.797. The lowest BCUT2D eigenvalue weighted by Gasteiger charge is -2.18. The molecule has 2 N–H and O–H groups in total. The van der Waals surface area contributed by atoms with E-state index in [1.54, 1.807) is 24.3 Å². The van der Waals surface area contributed by atoms with Crippen LogP contribution in [0.1, 0.15) is 25.8 Å². The van der Waals surface area contributed by atoms with E-state index in [9.17, 15) is 9.90 Å². The fourth-order valence-electron chi connectivity index (χ4n) is 1.47. The number of hydrogen-bond donors (Lipinski definition) is 2. The van der Waals surface area contributed by atoms with Crippen LogP contribution in [0.2, 0.25) is 0 Å². The Morgan fingerprint density at radius 2 is 2.18 bits per heavy atom. The third kappa shape index (κ3) is 4.44. The van der Waals surface area contributed by atoms with Gasteiger partial charge < -0.3 is 14.9 Å². The van der Waals surface area contributed by atoms with Crippen molar-refractivity contribution in [2.24, 2.45) is 0 Å². The van der Waals surface area contributed by atoms with Crippen LogP contribution in [0.25, 0.3) is 0 Å². The Labute approximate surface area is 101 Å². The number of phenols is 1. The Kier molecular flexibility index (Phi) is 4.97. The second kappa shape index (κ2) is 6.25. The highest BCUT2D eigenvalue weighted by atomic mass is 16.5. The summed E-state index contributed by atoms with van der Waals surface area (Å²) in [6, 6.07) is 6.56. The molecule has 1 aromatic rings. The van der Waals surface area contributed by atoms with Gasteiger partial charge in [-0.15, -0.1) is 0 Å². The molecular weight excluding hydrogens is 220 g/mol. The van der Waals surface area contributed by atoms with Crippen molar-refractivity contribution in [3.05, 3.63) is 29.8 Å². The molecule has 0 spiro atoms. The summed E-state index contributed by atoms with van der Waals surface area (Å²) in [4.78, 5) is 11.1. The third-order valence-corrected chi connectivity index (χ3v) is 2.58. The summed E-state index contributed by atoms with van der Waals surface area (Å²) in [6.45, 7) is 3.79. The van der Waals surface area contributed by atoms with E-state index in [-0.39, 0.29) is 18.3 Å². The molecule has 94 valence electrons. The number of ether oxygens (including phenoxy) is 1. The predicted octanol–water partition coefficient (Wildman–Crippen LogP) is 2.20. The van der Waals surface area contributed by atoms with Gasteiger partial charge in [0.05, 0.1) is 6.10 Å². The molecule has 4 nitrogen and oxygen atoms in total. The van der Waals surface area contributed by atoms with E-state index in [4.69, 9.17) is 9.84 Å². The second-order valence-electron chi connectivity index (χ2n) is 4.06. The van der Waals surface area contributed by atoms with Gasteiger partial charge in [0, 0.05) is 6.42 Å². The van der Waals surface area contributed by atoms with Crippen LogP contribution < -0.4 is 0 Å². The fourth-order valence-corrected chi connectivity index (χ4v) is 1.47. The topological polar surface area (TPSA) is 66.8 Å². The molecule has 0 fully saturated rings. The number of rotatable bonds is 6. The van der Waals surface area contributed by atoms with E-state index in [1.165, 1.54) is 0 Å². The second-order valence-corrected chi connectivity index (χ2v) is 4.06. The number of carboxylic acid groups (broad SMARTS) is 1. The normalized spacial score (nSPS) is 14.2. The van der Waals surface area contributed by atoms with Gasteiger partial charge in [-0.25, -0.2) is 4.79 Å². The Balaban J connectivity index is 2.70. The van der Waals surface area contributed by atoms with Gasteiger partial charge in [0.2, 0.25) is 0 Å². The van der Waals surface area contributed by atoms with Gasteiger partial charge in [-0.05, 0) is 31.0 Å². The molecule has 0 aliphatic heterocycles. The summed E-state index contributed by atoms with van der Waals surface area (Å²) in [5.41, 5.74) is 0.751. The first kappa shape index (κ1) is 13.5. The Hall–Kier alpha value is -1.55. The lowest BCUT2D eigenvalue weighted by Crippen LogP contribution is -2.29. The Morgan fingerprint density at radius 3 is 2.71 bits per heavy atom. The summed E-state index contributed by atoms with van der Waals surface area (Å²) in [7, 11) is 0. The van der Waals surface area contributed by atoms with Crippen LogP contribution in [0.15, 0.2) is 24.3 Å². The van der Waals surface area contributed by atoms with Crippen molar-refractivity contribution in [2.45, 2.75) is 38.9 Å². The first-order valence-corrected chi connectivity index (χ1v) is 5.69.